The molecule has 0 aliphatic carbocycles. The quantitative estimate of drug-likeness (QED) is 0.628. The van der Waals surface area contributed by atoms with Gasteiger partial charge in [-0.25, -0.2) is 13.4 Å². The number of carbonyl (C=O) groups is 1. The Balaban J connectivity index is 1.61. The second kappa shape index (κ2) is 6.89. The second-order valence-electron chi connectivity index (χ2n) is 5.86. The van der Waals surface area contributed by atoms with Gasteiger partial charge in [0.25, 0.3) is 5.69 Å². The van der Waals surface area contributed by atoms with Gasteiger partial charge in [-0.1, -0.05) is 0 Å². The molecule has 8 nitrogen and oxygen atoms in total. The SMILES string of the molecule is O=C(CC1CCS(=O)(=O)C1)Nc1nc(-c2ccc([N+](=O)[O-])cc2)cs1. The summed E-state index contributed by atoms with van der Waals surface area (Å²) in [7, 11) is -3.00. The van der Waals surface area contributed by atoms with E-state index in [2.05, 4.69) is 10.3 Å². The second-order valence-corrected chi connectivity index (χ2v) is 8.95. The number of hydrogen-bond acceptors (Lipinski definition) is 7. The molecule has 2 heterocycles. The van der Waals surface area contributed by atoms with E-state index in [4.69, 9.17) is 0 Å². The first-order valence-electron chi connectivity index (χ1n) is 7.53. The molecule has 10 heteroatoms. The first kappa shape index (κ1) is 17.5. The van der Waals surface area contributed by atoms with Crippen LogP contribution >= 0.6 is 11.3 Å². The fraction of sp³-hybridized carbons (Fsp3) is 0.333. The Hall–Kier alpha value is -2.33. The molecule has 1 saturated heterocycles. The van der Waals surface area contributed by atoms with Crippen LogP contribution < -0.4 is 5.32 Å². The summed E-state index contributed by atoms with van der Waals surface area (Å²) in [6.45, 7) is 0. The molecule has 1 aliphatic heterocycles. The number of anilines is 1. The van der Waals surface area contributed by atoms with E-state index in [1.807, 2.05) is 0 Å². The van der Waals surface area contributed by atoms with Gasteiger partial charge < -0.3 is 5.32 Å². The number of nitro benzene ring substituents is 1. The van der Waals surface area contributed by atoms with Crippen LogP contribution in [0.15, 0.2) is 29.6 Å². The summed E-state index contributed by atoms with van der Waals surface area (Å²) in [4.78, 5) is 26.5. The predicted octanol–water partition coefficient (Wildman–Crippen LogP) is 2.48. The first-order chi connectivity index (χ1) is 11.8. The Morgan fingerprint density at radius 2 is 2.08 bits per heavy atom. The van der Waals surface area contributed by atoms with Crippen LogP contribution in [0.1, 0.15) is 12.8 Å². The van der Waals surface area contributed by atoms with Gasteiger partial charge in [0.1, 0.15) is 0 Å². The molecule has 132 valence electrons. The lowest BCUT2D eigenvalue weighted by Crippen LogP contribution is -2.17. The van der Waals surface area contributed by atoms with Crippen molar-refractivity contribution in [1.29, 1.82) is 0 Å². The summed E-state index contributed by atoms with van der Waals surface area (Å²) in [5, 5.41) is 15.5. The van der Waals surface area contributed by atoms with Gasteiger partial charge >= 0.3 is 0 Å². The largest absolute Gasteiger partial charge is 0.302 e. The van der Waals surface area contributed by atoms with Crippen LogP contribution in [0.2, 0.25) is 0 Å². The highest BCUT2D eigenvalue weighted by Crippen LogP contribution is 2.27. The molecular formula is C15H15N3O5S2. The Kier molecular flexibility index (Phi) is 4.82. The summed E-state index contributed by atoms with van der Waals surface area (Å²) in [5.41, 5.74) is 1.32. The molecule has 0 spiro atoms. The molecule has 1 aliphatic rings. The van der Waals surface area contributed by atoms with E-state index >= 15 is 0 Å². The van der Waals surface area contributed by atoms with Gasteiger partial charge in [-0.3, -0.25) is 14.9 Å². The molecule has 1 aromatic heterocycles. The summed E-state index contributed by atoms with van der Waals surface area (Å²) in [5.74, 6) is -0.190. The van der Waals surface area contributed by atoms with Gasteiger partial charge in [-0.05, 0) is 24.5 Å². The van der Waals surface area contributed by atoms with Crippen molar-refractivity contribution < 1.29 is 18.1 Å². The van der Waals surface area contributed by atoms with Crippen molar-refractivity contribution in [3.05, 3.63) is 39.8 Å². The minimum absolute atomic E-state index is 0.000906. The number of hydrogen-bond donors (Lipinski definition) is 1. The summed E-state index contributed by atoms with van der Waals surface area (Å²) in [6, 6.07) is 5.99. The highest BCUT2D eigenvalue weighted by atomic mass is 32.2. The molecular weight excluding hydrogens is 366 g/mol. The zero-order valence-electron chi connectivity index (χ0n) is 13.0. The minimum Gasteiger partial charge on any atom is -0.302 e. The van der Waals surface area contributed by atoms with E-state index in [-0.39, 0.29) is 35.4 Å². The maximum Gasteiger partial charge on any atom is 0.269 e. The van der Waals surface area contributed by atoms with Crippen molar-refractivity contribution >= 4 is 37.9 Å². The van der Waals surface area contributed by atoms with E-state index in [9.17, 15) is 23.3 Å². The third-order valence-corrected chi connectivity index (χ3v) is 6.52. The predicted molar refractivity (Wildman–Crippen MR) is 94.2 cm³/mol. The topological polar surface area (TPSA) is 119 Å². The van der Waals surface area contributed by atoms with Crippen LogP contribution in [-0.2, 0) is 14.6 Å². The van der Waals surface area contributed by atoms with Crippen LogP contribution in [-0.4, -0.2) is 35.7 Å². The number of aromatic nitrogens is 1. The number of carbonyl (C=O) groups excluding carboxylic acids is 1. The third kappa shape index (κ3) is 4.40. The molecule has 2 aromatic rings. The van der Waals surface area contributed by atoms with Gasteiger partial charge in [-0.15, -0.1) is 11.3 Å². The highest BCUT2D eigenvalue weighted by molar-refractivity contribution is 7.91. The Labute approximate surface area is 148 Å². The first-order valence-corrected chi connectivity index (χ1v) is 10.2. The molecule has 1 atom stereocenters. The molecule has 0 bridgehead atoms. The van der Waals surface area contributed by atoms with Gasteiger partial charge in [0.15, 0.2) is 15.0 Å². The number of nitrogens with one attached hydrogen (secondary N) is 1. The number of sulfone groups is 1. The van der Waals surface area contributed by atoms with Crippen molar-refractivity contribution in [3.63, 3.8) is 0 Å². The number of nitro groups is 1. The highest BCUT2D eigenvalue weighted by Gasteiger charge is 2.29. The lowest BCUT2D eigenvalue weighted by Gasteiger charge is -2.06. The van der Waals surface area contributed by atoms with E-state index in [0.29, 0.717) is 22.8 Å². The van der Waals surface area contributed by atoms with Crippen LogP contribution in [0.25, 0.3) is 11.3 Å². The lowest BCUT2D eigenvalue weighted by atomic mass is 10.1. The van der Waals surface area contributed by atoms with Gasteiger partial charge in [0.2, 0.25) is 5.91 Å². The smallest absolute Gasteiger partial charge is 0.269 e. The maximum absolute atomic E-state index is 12.0. The number of benzene rings is 1. The average Bonchev–Trinajstić information content (AvgIpc) is 3.13. The van der Waals surface area contributed by atoms with Crippen LogP contribution in [0, 0.1) is 16.0 Å². The molecule has 1 N–H and O–H groups in total. The molecule has 0 radical (unpaired) electrons. The number of nitrogens with zero attached hydrogens (tertiary/aromatic N) is 2. The van der Waals surface area contributed by atoms with E-state index in [0.717, 1.165) is 0 Å². The van der Waals surface area contributed by atoms with Crippen LogP contribution in [0.3, 0.4) is 0 Å². The zero-order valence-corrected chi connectivity index (χ0v) is 14.7. The minimum atomic E-state index is -3.00. The lowest BCUT2D eigenvalue weighted by molar-refractivity contribution is -0.384. The normalized spacial score (nSPS) is 18.8. The zero-order chi connectivity index (χ0) is 18.0. The number of rotatable bonds is 5. The number of amides is 1. The summed E-state index contributed by atoms with van der Waals surface area (Å²) in [6.07, 6.45) is 0.674. The monoisotopic (exact) mass is 381 g/mol. The van der Waals surface area contributed by atoms with E-state index in [1.54, 1.807) is 17.5 Å². The van der Waals surface area contributed by atoms with Gasteiger partial charge in [-0.2, -0.15) is 0 Å². The van der Waals surface area contributed by atoms with Crippen molar-refractivity contribution in [2.45, 2.75) is 12.8 Å². The Morgan fingerprint density at radius 3 is 2.68 bits per heavy atom. The fourth-order valence-corrected chi connectivity index (χ4v) is 5.28. The van der Waals surface area contributed by atoms with Crippen LogP contribution in [0.4, 0.5) is 10.8 Å². The Bertz CT molecular complexity index is 906. The third-order valence-electron chi connectivity index (χ3n) is 3.93. The molecule has 1 aromatic carbocycles. The van der Waals surface area contributed by atoms with E-state index in [1.165, 1.54) is 23.5 Å². The molecule has 25 heavy (non-hydrogen) atoms. The van der Waals surface area contributed by atoms with Gasteiger partial charge in [0.05, 0.1) is 22.1 Å². The summed E-state index contributed by atoms with van der Waals surface area (Å²) >= 11 is 1.25. The Morgan fingerprint density at radius 1 is 1.36 bits per heavy atom. The van der Waals surface area contributed by atoms with Crippen molar-refractivity contribution in [3.8, 4) is 11.3 Å². The van der Waals surface area contributed by atoms with Crippen molar-refractivity contribution in [1.82, 2.24) is 4.98 Å². The number of non-ortho nitro benzene ring substituents is 1. The standard InChI is InChI=1S/C15H15N3O5S2/c19-14(7-10-5-6-25(22,23)9-10)17-15-16-13(8-24-15)11-1-3-12(4-2-11)18(20)21/h1-4,8,10H,5-7,9H2,(H,16,17,19). The van der Waals surface area contributed by atoms with Crippen molar-refractivity contribution in [2.24, 2.45) is 5.92 Å². The molecule has 0 saturated carbocycles. The van der Waals surface area contributed by atoms with Gasteiger partial charge in [0, 0.05) is 29.5 Å². The molecule has 1 amide bonds. The van der Waals surface area contributed by atoms with Crippen LogP contribution in [0.5, 0.6) is 0 Å². The number of thiazole rings is 1. The average molecular weight is 381 g/mol. The van der Waals surface area contributed by atoms with E-state index < -0.39 is 14.8 Å². The maximum atomic E-state index is 12.0. The molecule has 3 rings (SSSR count). The molecule has 1 unspecified atom stereocenters. The molecule has 1 fully saturated rings. The van der Waals surface area contributed by atoms with Crippen molar-refractivity contribution in [2.75, 3.05) is 16.8 Å². The summed E-state index contributed by atoms with van der Waals surface area (Å²) < 4.78 is 22.8. The fourth-order valence-electron chi connectivity index (χ4n) is 2.68.